The molecule has 1 amide bonds. The predicted molar refractivity (Wildman–Crippen MR) is 63.2 cm³/mol. The fourth-order valence-electron chi connectivity index (χ4n) is 1.49. The van der Waals surface area contributed by atoms with Gasteiger partial charge in [-0.15, -0.1) is 0 Å². The van der Waals surface area contributed by atoms with Crippen LogP contribution in [0.15, 0.2) is 24.8 Å². The van der Waals surface area contributed by atoms with Crippen molar-refractivity contribution >= 4 is 11.6 Å². The fourth-order valence-corrected chi connectivity index (χ4v) is 1.49. The maximum absolute atomic E-state index is 12.0. The standard InChI is InChI=1S/C11H10F3N5O/c1-7-15-2-3-19(7)10-16-5-8(6-17-10)18-9(20)4-11(12,13)14/h2-3,5-6H,4H2,1H3,(H,18,20). The van der Waals surface area contributed by atoms with Gasteiger partial charge >= 0.3 is 6.18 Å². The number of imidazole rings is 1. The Hall–Kier alpha value is -2.45. The lowest BCUT2D eigenvalue weighted by atomic mass is 10.4. The number of halogens is 3. The highest BCUT2D eigenvalue weighted by Gasteiger charge is 2.31. The number of alkyl halides is 3. The number of carbonyl (C=O) groups is 1. The average Bonchev–Trinajstić information content (AvgIpc) is 2.74. The van der Waals surface area contributed by atoms with Crippen LogP contribution in [0.5, 0.6) is 0 Å². The van der Waals surface area contributed by atoms with E-state index in [1.807, 2.05) is 0 Å². The zero-order valence-corrected chi connectivity index (χ0v) is 10.3. The summed E-state index contributed by atoms with van der Waals surface area (Å²) in [4.78, 5) is 23.0. The highest BCUT2D eigenvalue weighted by molar-refractivity contribution is 5.90. The molecule has 0 radical (unpaired) electrons. The SMILES string of the molecule is Cc1nccn1-c1ncc(NC(=O)CC(F)(F)F)cn1. The van der Waals surface area contributed by atoms with Gasteiger partial charge in [-0.25, -0.2) is 15.0 Å². The van der Waals surface area contributed by atoms with Crippen molar-refractivity contribution in [3.05, 3.63) is 30.6 Å². The molecule has 0 spiro atoms. The van der Waals surface area contributed by atoms with Crippen molar-refractivity contribution in [1.82, 2.24) is 19.5 Å². The second-order valence-electron chi connectivity index (χ2n) is 3.96. The molecular weight excluding hydrogens is 275 g/mol. The first-order valence-electron chi connectivity index (χ1n) is 5.54. The quantitative estimate of drug-likeness (QED) is 0.934. The number of anilines is 1. The molecule has 0 saturated heterocycles. The molecule has 0 unspecified atom stereocenters. The van der Waals surface area contributed by atoms with Gasteiger partial charge in [0.1, 0.15) is 12.2 Å². The third-order valence-corrected chi connectivity index (χ3v) is 2.32. The highest BCUT2D eigenvalue weighted by atomic mass is 19.4. The van der Waals surface area contributed by atoms with Crippen LogP contribution in [0.3, 0.4) is 0 Å². The molecule has 6 nitrogen and oxygen atoms in total. The van der Waals surface area contributed by atoms with Gasteiger partial charge < -0.3 is 5.32 Å². The molecule has 0 atom stereocenters. The molecule has 0 saturated carbocycles. The molecule has 1 N–H and O–H groups in total. The average molecular weight is 285 g/mol. The van der Waals surface area contributed by atoms with Gasteiger partial charge in [0.05, 0.1) is 18.1 Å². The van der Waals surface area contributed by atoms with Gasteiger partial charge in [0.15, 0.2) is 0 Å². The van der Waals surface area contributed by atoms with Gasteiger partial charge in [0.25, 0.3) is 0 Å². The van der Waals surface area contributed by atoms with Crippen molar-refractivity contribution in [2.24, 2.45) is 0 Å². The third-order valence-electron chi connectivity index (χ3n) is 2.32. The van der Waals surface area contributed by atoms with Crippen LogP contribution in [0.1, 0.15) is 12.2 Å². The molecule has 2 rings (SSSR count). The highest BCUT2D eigenvalue weighted by Crippen LogP contribution is 2.20. The molecular formula is C11H10F3N5O. The van der Waals surface area contributed by atoms with Gasteiger partial charge in [-0.3, -0.25) is 9.36 Å². The Bertz CT molecular complexity index is 605. The number of amides is 1. The number of nitrogens with zero attached hydrogens (tertiary/aromatic N) is 4. The van der Waals surface area contributed by atoms with Crippen molar-refractivity contribution in [3.63, 3.8) is 0 Å². The van der Waals surface area contributed by atoms with Crippen LogP contribution in [-0.4, -0.2) is 31.6 Å². The van der Waals surface area contributed by atoms with Gasteiger partial charge in [0, 0.05) is 12.4 Å². The molecule has 0 aliphatic rings. The maximum Gasteiger partial charge on any atom is 0.397 e. The van der Waals surface area contributed by atoms with Gasteiger partial charge in [-0.1, -0.05) is 0 Å². The van der Waals surface area contributed by atoms with Crippen LogP contribution in [-0.2, 0) is 4.79 Å². The van der Waals surface area contributed by atoms with Crippen molar-refractivity contribution in [2.45, 2.75) is 19.5 Å². The number of carbonyl (C=O) groups excluding carboxylic acids is 1. The summed E-state index contributed by atoms with van der Waals surface area (Å²) in [7, 11) is 0. The molecule has 2 aromatic rings. The second kappa shape index (κ2) is 5.27. The summed E-state index contributed by atoms with van der Waals surface area (Å²) in [5.41, 5.74) is 0.0979. The Morgan fingerprint density at radius 1 is 1.30 bits per heavy atom. The van der Waals surface area contributed by atoms with Crippen LogP contribution in [0, 0.1) is 6.92 Å². The molecule has 0 aromatic carbocycles. The lowest BCUT2D eigenvalue weighted by Crippen LogP contribution is -2.21. The van der Waals surface area contributed by atoms with Crippen LogP contribution in [0.25, 0.3) is 5.95 Å². The normalized spacial score (nSPS) is 11.4. The van der Waals surface area contributed by atoms with Crippen molar-refractivity contribution in [2.75, 3.05) is 5.32 Å². The minimum atomic E-state index is -4.54. The summed E-state index contributed by atoms with van der Waals surface area (Å²) in [6.07, 6.45) is -0.412. The van der Waals surface area contributed by atoms with E-state index in [0.29, 0.717) is 11.8 Å². The number of nitrogens with one attached hydrogen (secondary N) is 1. The van der Waals surface area contributed by atoms with Crippen LogP contribution in [0.2, 0.25) is 0 Å². The van der Waals surface area contributed by atoms with Crippen LogP contribution in [0.4, 0.5) is 18.9 Å². The van der Waals surface area contributed by atoms with E-state index in [9.17, 15) is 18.0 Å². The zero-order valence-electron chi connectivity index (χ0n) is 10.3. The fraction of sp³-hybridized carbons (Fsp3) is 0.273. The first kappa shape index (κ1) is 14.0. The van der Waals surface area contributed by atoms with E-state index in [1.165, 1.54) is 12.4 Å². The van der Waals surface area contributed by atoms with Crippen molar-refractivity contribution < 1.29 is 18.0 Å². The van der Waals surface area contributed by atoms with Crippen LogP contribution >= 0.6 is 0 Å². The molecule has 2 heterocycles. The van der Waals surface area contributed by atoms with E-state index in [4.69, 9.17) is 0 Å². The molecule has 20 heavy (non-hydrogen) atoms. The number of aromatic nitrogens is 4. The zero-order chi connectivity index (χ0) is 14.8. The minimum absolute atomic E-state index is 0.0979. The number of aryl methyl sites for hydroxylation is 1. The largest absolute Gasteiger partial charge is 0.397 e. The van der Waals surface area contributed by atoms with Crippen molar-refractivity contribution in [3.8, 4) is 5.95 Å². The topological polar surface area (TPSA) is 72.7 Å². The van der Waals surface area contributed by atoms with Crippen molar-refractivity contribution in [1.29, 1.82) is 0 Å². The molecule has 0 bridgehead atoms. The number of rotatable bonds is 3. The summed E-state index contributed by atoms with van der Waals surface area (Å²) in [5.74, 6) is -0.180. The smallest absolute Gasteiger partial charge is 0.323 e. The van der Waals surface area contributed by atoms with E-state index < -0.39 is 18.5 Å². The summed E-state index contributed by atoms with van der Waals surface area (Å²) >= 11 is 0. The summed E-state index contributed by atoms with van der Waals surface area (Å²) in [6.45, 7) is 1.75. The maximum atomic E-state index is 12.0. The monoisotopic (exact) mass is 285 g/mol. The minimum Gasteiger partial charge on any atom is -0.323 e. The van der Waals surface area contributed by atoms with E-state index in [0.717, 1.165) is 0 Å². The summed E-state index contributed by atoms with van der Waals surface area (Å²) in [6, 6.07) is 0. The Morgan fingerprint density at radius 3 is 2.45 bits per heavy atom. The Labute approximate surface area is 111 Å². The van der Waals surface area contributed by atoms with Crippen LogP contribution < -0.4 is 5.32 Å². The Balaban J connectivity index is 2.06. The van der Waals surface area contributed by atoms with Gasteiger partial charge in [0.2, 0.25) is 11.9 Å². The predicted octanol–water partition coefficient (Wildman–Crippen LogP) is 1.86. The Morgan fingerprint density at radius 2 is 1.95 bits per heavy atom. The van der Waals surface area contributed by atoms with E-state index in [2.05, 4.69) is 20.3 Å². The number of hydrogen-bond acceptors (Lipinski definition) is 4. The first-order chi connectivity index (χ1) is 9.35. The summed E-state index contributed by atoms with van der Waals surface area (Å²) < 4.78 is 37.6. The molecule has 2 aromatic heterocycles. The second-order valence-corrected chi connectivity index (χ2v) is 3.96. The molecule has 0 aliphatic carbocycles. The first-order valence-corrected chi connectivity index (χ1v) is 5.54. The molecule has 0 fully saturated rings. The molecule has 0 aliphatic heterocycles. The third kappa shape index (κ3) is 3.53. The van der Waals surface area contributed by atoms with E-state index >= 15 is 0 Å². The summed E-state index contributed by atoms with van der Waals surface area (Å²) in [5, 5.41) is 2.08. The molecule has 106 valence electrons. The molecule has 9 heteroatoms. The van der Waals surface area contributed by atoms with Gasteiger partial charge in [-0.2, -0.15) is 13.2 Å². The Kier molecular flexibility index (Phi) is 3.68. The van der Waals surface area contributed by atoms with E-state index in [1.54, 1.807) is 23.9 Å². The van der Waals surface area contributed by atoms with E-state index in [-0.39, 0.29) is 5.69 Å². The van der Waals surface area contributed by atoms with Gasteiger partial charge in [-0.05, 0) is 6.92 Å². The lowest BCUT2D eigenvalue weighted by molar-refractivity contribution is -0.150. The number of hydrogen-bond donors (Lipinski definition) is 1. The lowest BCUT2D eigenvalue weighted by Gasteiger charge is -2.08.